The second-order valence-electron chi connectivity index (χ2n) is 6.36. The zero-order valence-corrected chi connectivity index (χ0v) is 15.4. The SMILES string of the molecule is CCc1cccc(C)c1Nc1cncc(C(=O)NCc2ccc(F)cc2)c1. The number of hydrogen-bond acceptors (Lipinski definition) is 3. The molecule has 2 N–H and O–H groups in total. The predicted octanol–water partition coefficient (Wildman–Crippen LogP) is 4.77. The fourth-order valence-corrected chi connectivity index (χ4v) is 2.87. The number of halogens is 1. The number of carbonyl (C=O) groups excluding carboxylic acids is 1. The van der Waals surface area contributed by atoms with Gasteiger partial charge in [0.05, 0.1) is 17.4 Å². The Morgan fingerprint density at radius 2 is 1.89 bits per heavy atom. The third-order valence-corrected chi connectivity index (χ3v) is 4.38. The molecule has 0 spiro atoms. The average Bonchev–Trinajstić information content (AvgIpc) is 2.69. The van der Waals surface area contributed by atoms with Gasteiger partial charge in [0.2, 0.25) is 0 Å². The van der Waals surface area contributed by atoms with E-state index in [2.05, 4.69) is 28.6 Å². The zero-order chi connectivity index (χ0) is 19.2. The van der Waals surface area contributed by atoms with Crippen LogP contribution in [0.15, 0.2) is 60.9 Å². The standard InChI is InChI=1S/C22H22FN3O/c1-3-17-6-4-5-15(2)21(17)26-20-11-18(13-24-14-20)22(27)25-12-16-7-9-19(23)10-8-16/h4-11,13-14,26H,3,12H2,1-2H3,(H,25,27). The zero-order valence-electron chi connectivity index (χ0n) is 15.4. The molecule has 0 radical (unpaired) electrons. The molecule has 0 unspecified atom stereocenters. The maximum Gasteiger partial charge on any atom is 0.253 e. The van der Waals surface area contributed by atoms with Crippen molar-refractivity contribution in [3.05, 3.63) is 89.0 Å². The van der Waals surface area contributed by atoms with Crippen molar-refractivity contribution in [2.24, 2.45) is 0 Å². The van der Waals surface area contributed by atoms with Crippen LogP contribution in [0, 0.1) is 12.7 Å². The van der Waals surface area contributed by atoms with Crippen molar-refractivity contribution in [2.45, 2.75) is 26.8 Å². The van der Waals surface area contributed by atoms with Crippen molar-refractivity contribution < 1.29 is 9.18 Å². The highest BCUT2D eigenvalue weighted by atomic mass is 19.1. The van der Waals surface area contributed by atoms with Crippen LogP contribution in [0.4, 0.5) is 15.8 Å². The summed E-state index contributed by atoms with van der Waals surface area (Å²) in [5, 5.41) is 6.21. The average molecular weight is 363 g/mol. The molecule has 0 aliphatic rings. The minimum atomic E-state index is -0.296. The lowest BCUT2D eigenvalue weighted by molar-refractivity contribution is 0.0950. The van der Waals surface area contributed by atoms with E-state index in [0.717, 1.165) is 28.9 Å². The molecule has 1 heterocycles. The maximum atomic E-state index is 13.0. The summed E-state index contributed by atoms with van der Waals surface area (Å²) in [6, 6.07) is 14.0. The number of rotatable bonds is 6. The van der Waals surface area contributed by atoms with E-state index in [1.165, 1.54) is 23.9 Å². The molecule has 138 valence electrons. The molecule has 3 rings (SSSR count). The highest BCUT2D eigenvalue weighted by Crippen LogP contribution is 2.25. The van der Waals surface area contributed by atoms with E-state index in [1.807, 2.05) is 19.1 Å². The Balaban J connectivity index is 1.71. The lowest BCUT2D eigenvalue weighted by Gasteiger charge is -2.14. The van der Waals surface area contributed by atoms with Crippen molar-refractivity contribution in [2.75, 3.05) is 5.32 Å². The summed E-state index contributed by atoms with van der Waals surface area (Å²) in [5.41, 5.74) is 5.45. The minimum Gasteiger partial charge on any atom is -0.354 e. The van der Waals surface area contributed by atoms with Crippen LogP contribution in [-0.4, -0.2) is 10.9 Å². The quantitative estimate of drug-likeness (QED) is 0.664. The van der Waals surface area contributed by atoms with Crippen LogP contribution in [0.5, 0.6) is 0 Å². The number of pyridine rings is 1. The molecule has 0 saturated carbocycles. The van der Waals surface area contributed by atoms with Gasteiger partial charge in [0.1, 0.15) is 5.82 Å². The van der Waals surface area contributed by atoms with E-state index in [-0.39, 0.29) is 11.7 Å². The number of hydrogen-bond donors (Lipinski definition) is 2. The normalized spacial score (nSPS) is 10.5. The number of aromatic nitrogens is 1. The molecule has 1 amide bonds. The Kier molecular flexibility index (Phi) is 5.81. The summed E-state index contributed by atoms with van der Waals surface area (Å²) in [4.78, 5) is 16.6. The van der Waals surface area contributed by atoms with Gasteiger partial charge in [-0.1, -0.05) is 37.3 Å². The van der Waals surface area contributed by atoms with E-state index in [4.69, 9.17) is 0 Å². The van der Waals surface area contributed by atoms with E-state index in [9.17, 15) is 9.18 Å². The Bertz CT molecular complexity index is 939. The highest BCUT2D eigenvalue weighted by molar-refractivity contribution is 5.94. The Hall–Kier alpha value is -3.21. The number of nitrogens with one attached hydrogen (secondary N) is 2. The number of carbonyl (C=O) groups is 1. The molecule has 0 fully saturated rings. The van der Waals surface area contributed by atoms with Crippen molar-refractivity contribution in [3.8, 4) is 0 Å². The fraction of sp³-hybridized carbons (Fsp3) is 0.182. The molecule has 0 aliphatic heterocycles. The molecule has 0 bridgehead atoms. The van der Waals surface area contributed by atoms with Crippen molar-refractivity contribution in [1.29, 1.82) is 0 Å². The van der Waals surface area contributed by atoms with Gasteiger partial charge >= 0.3 is 0 Å². The molecular formula is C22H22FN3O. The van der Waals surface area contributed by atoms with Gasteiger partial charge in [-0.2, -0.15) is 0 Å². The molecule has 0 aliphatic carbocycles. The largest absolute Gasteiger partial charge is 0.354 e. The summed E-state index contributed by atoms with van der Waals surface area (Å²) >= 11 is 0. The van der Waals surface area contributed by atoms with E-state index in [1.54, 1.807) is 24.4 Å². The predicted molar refractivity (Wildman–Crippen MR) is 106 cm³/mol. The van der Waals surface area contributed by atoms with Gasteiger partial charge in [0, 0.05) is 18.4 Å². The minimum absolute atomic E-state index is 0.226. The third kappa shape index (κ3) is 4.70. The van der Waals surface area contributed by atoms with Crippen LogP contribution in [-0.2, 0) is 13.0 Å². The van der Waals surface area contributed by atoms with Crippen molar-refractivity contribution in [3.63, 3.8) is 0 Å². The van der Waals surface area contributed by atoms with Gasteiger partial charge in [-0.05, 0) is 48.2 Å². The maximum absolute atomic E-state index is 13.0. The lowest BCUT2D eigenvalue weighted by Crippen LogP contribution is -2.23. The van der Waals surface area contributed by atoms with Crippen molar-refractivity contribution in [1.82, 2.24) is 10.3 Å². The molecule has 5 heteroatoms. The first kappa shape index (κ1) is 18.6. The Labute approximate surface area is 158 Å². The van der Waals surface area contributed by atoms with Gasteiger partial charge in [0.15, 0.2) is 0 Å². The van der Waals surface area contributed by atoms with Gasteiger partial charge in [-0.15, -0.1) is 0 Å². The van der Waals surface area contributed by atoms with Gasteiger partial charge in [0.25, 0.3) is 5.91 Å². The van der Waals surface area contributed by atoms with Crippen LogP contribution in [0.1, 0.15) is 34.0 Å². The molecule has 3 aromatic rings. The van der Waals surface area contributed by atoms with Crippen LogP contribution >= 0.6 is 0 Å². The summed E-state index contributed by atoms with van der Waals surface area (Å²) in [7, 11) is 0. The number of para-hydroxylation sites is 1. The van der Waals surface area contributed by atoms with E-state index >= 15 is 0 Å². The lowest BCUT2D eigenvalue weighted by atomic mass is 10.1. The monoisotopic (exact) mass is 363 g/mol. The topological polar surface area (TPSA) is 54.0 Å². The molecule has 27 heavy (non-hydrogen) atoms. The summed E-state index contributed by atoms with van der Waals surface area (Å²) in [5.74, 6) is -0.522. The molecule has 0 saturated heterocycles. The second kappa shape index (κ2) is 8.45. The molecule has 1 aromatic heterocycles. The Morgan fingerprint density at radius 3 is 2.63 bits per heavy atom. The fourth-order valence-electron chi connectivity index (χ4n) is 2.87. The van der Waals surface area contributed by atoms with Crippen LogP contribution < -0.4 is 10.6 Å². The first-order valence-corrected chi connectivity index (χ1v) is 8.90. The summed E-state index contributed by atoms with van der Waals surface area (Å²) in [6.45, 7) is 4.49. The number of aryl methyl sites for hydroxylation is 2. The molecule has 2 aromatic carbocycles. The molecule has 4 nitrogen and oxygen atoms in total. The van der Waals surface area contributed by atoms with Crippen LogP contribution in [0.3, 0.4) is 0 Å². The molecule has 0 atom stereocenters. The number of anilines is 2. The third-order valence-electron chi connectivity index (χ3n) is 4.38. The smallest absolute Gasteiger partial charge is 0.253 e. The highest BCUT2D eigenvalue weighted by Gasteiger charge is 2.09. The number of nitrogens with zero attached hydrogens (tertiary/aromatic N) is 1. The van der Waals surface area contributed by atoms with Crippen LogP contribution in [0.25, 0.3) is 0 Å². The summed E-state index contributed by atoms with van der Waals surface area (Å²) < 4.78 is 13.0. The van der Waals surface area contributed by atoms with E-state index < -0.39 is 0 Å². The second-order valence-corrected chi connectivity index (χ2v) is 6.36. The molecular weight excluding hydrogens is 341 g/mol. The number of benzene rings is 2. The number of amides is 1. The van der Waals surface area contributed by atoms with Gasteiger partial charge < -0.3 is 10.6 Å². The first-order valence-electron chi connectivity index (χ1n) is 8.90. The summed E-state index contributed by atoms with van der Waals surface area (Å²) in [6.07, 6.45) is 4.14. The van der Waals surface area contributed by atoms with E-state index in [0.29, 0.717) is 12.1 Å². The van der Waals surface area contributed by atoms with Crippen molar-refractivity contribution >= 4 is 17.3 Å². The Morgan fingerprint density at radius 1 is 1.11 bits per heavy atom. The van der Waals surface area contributed by atoms with Gasteiger partial charge in [-0.25, -0.2) is 4.39 Å². The van der Waals surface area contributed by atoms with Crippen LogP contribution in [0.2, 0.25) is 0 Å². The first-order chi connectivity index (χ1) is 13.1. The van der Waals surface area contributed by atoms with Gasteiger partial charge in [-0.3, -0.25) is 9.78 Å².